The number of hydrogen-bond donors (Lipinski definition) is 1. The molecular weight excluding hydrogens is 370 g/mol. The number of imidazole rings is 1. The largest absolute Gasteiger partial charge is 0.497 e. The molecule has 28 heavy (non-hydrogen) atoms. The van der Waals surface area contributed by atoms with E-state index in [0.717, 1.165) is 33.3 Å². The van der Waals surface area contributed by atoms with Gasteiger partial charge in [-0.15, -0.1) is 11.3 Å². The lowest BCUT2D eigenvalue weighted by atomic mass is 10.0. The number of anilines is 1. The van der Waals surface area contributed by atoms with Gasteiger partial charge >= 0.3 is 0 Å². The highest BCUT2D eigenvalue weighted by Gasteiger charge is 2.13. The predicted molar refractivity (Wildman–Crippen MR) is 113 cm³/mol. The minimum Gasteiger partial charge on any atom is -0.497 e. The van der Waals surface area contributed by atoms with E-state index in [0.29, 0.717) is 0 Å². The molecule has 1 amide bonds. The van der Waals surface area contributed by atoms with Gasteiger partial charge in [0.05, 0.1) is 19.2 Å². The molecule has 0 saturated carbocycles. The molecule has 0 fully saturated rings. The van der Waals surface area contributed by atoms with Gasteiger partial charge in [0.1, 0.15) is 5.75 Å². The van der Waals surface area contributed by atoms with Crippen LogP contribution in [-0.4, -0.2) is 22.4 Å². The van der Waals surface area contributed by atoms with Crippen LogP contribution in [0.15, 0.2) is 54.0 Å². The van der Waals surface area contributed by atoms with Gasteiger partial charge in [0.2, 0.25) is 5.91 Å². The van der Waals surface area contributed by atoms with Gasteiger partial charge in [0.25, 0.3) is 0 Å². The van der Waals surface area contributed by atoms with Crippen LogP contribution in [0.3, 0.4) is 0 Å². The van der Waals surface area contributed by atoms with Crippen molar-refractivity contribution in [1.29, 1.82) is 0 Å². The van der Waals surface area contributed by atoms with Crippen molar-refractivity contribution in [3.8, 4) is 17.0 Å². The fourth-order valence-corrected chi connectivity index (χ4v) is 3.91. The first-order valence-corrected chi connectivity index (χ1v) is 9.88. The third-order valence-corrected chi connectivity index (χ3v) is 5.69. The Bertz CT molecular complexity index is 1140. The van der Waals surface area contributed by atoms with Gasteiger partial charge in [-0.05, 0) is 55.3 Å². The minimum atomic E-state index is -0.0636. The molecule has 0 aliphatic rings. The van der Waals surface area contributed by atoms with E-state index < -0.39 is 0 Å². The number of carbonyl (C=O) groups is 1. The van der Waals surface area contributed by atoms with Crippen LogP contribution in [-0.2, 0) is 11.2 Å². The van der Waals surface area contributed by atoms with Crippen LogP contribution >= 0.6 is 11.3 Å². The van der Waals surface area contributed by atoms with Crippen molar-refractivity contribution >= 4 is 27.9 Å². The molecule has 0 saturated heterocycles. The molecule has 2 aromatic heterocycles. The number of nitrogens with one attached hydrogen (secondary N) is 1. The number of methoxy groups -OCH3 is 1. The summed E-state index contributed by atoms with van der Waals surface area (Å²) in [5.74, 6) is 0.695. The van der Waals surface area contributed by atoms with Crippen LogP contribution < -0.4 is 10.1 Å². The Labute approximate surface area is 167 Å². The summed E-state index contributed by atoms with van der Waals surface area (Å²) in [7, 11) is 1.62. The second-order valence-corrected chi connectivity index (χ2v) is 7.59. The molecule has 1 N–H and O–H groups in total. The van der Waals surface area contributed by atoms with Crippen LogP contribution in [0.25, 0.3) is 16.2 Å². The Kier molecular flexibility index (Phi) is 4.88. The number of fused-ring (bicyclic) bond motifs is 1. The Morgan fingerprint density at radius 1 is 1.14 bits per heavy atom. The number of thiazole rings is 1. The SMILES string of the molecule is COc1ccc(NC(=O)Cc2csc3nc(-c4ccc(C)c(C)c4)cn23)cc1. The maximum Gasteiger partial charge on any atom is 0.230 e. The Morgan fingerprint density at radius 2 is 1.93 bits per heavy atom. The van der Waals surface area contributed by atoms with Crippen molar-refractivity contribution in [3.05, 3.63) is 70.9 Å². The zero-order chi connectivity index (χ0) is 19.7. The van der Waals surface area contributed by atoms with E-state index in [4.69, 9.17) is 9.72 Å². The second kappa shape index (κ2) is 7.48. The Morgan fingerprint density at radius 3 is 2.64 bits per heavy atom. The molecule has 0 unspecified atom stereocenters. The van der Waals surface area contributed by atoms with Crippen molar-refractivity contribution in [2.24, 2.45) is 0 Å². The van der Waals surface area contributed by atoms with Gasteiger partial charge in [-0.2, -0.15) is 0 Å². The first kappa shape index (κ1) is 18.3. The number of nitrogens with zero attached hydrogens (tertiary/aromatic N) is 2. The molecule has 0 bridgehead atoms. The Balaban J connectivity index is 1.53. The zero-order valence-electron chi connectivity index (χ0n) is 16.0. The summed E-state index contributed by atoms with van der Waals surface area (Å²) >= 11 is 1.55. The van der Waals surface area contributed by atoms with Crippen LogP contribution in [0.1, 0.15) is 16.8 Å². The van der Waals surface area contributed by atoms with E-state index in [9.17, 15) is 4.79 Å². The highest BCUT2D eigenvalue weighted by molar-refractivity contribution is 7.15. The molecule has 0 atom stereocenters. The Hall–Kier alpha value is -3.12. The summed E-state index contributed by atoms with van der Waals surface area (Å²) < 4.78 is 7.14. The highest BCUT2D eigenvalue weighted by atomic mass is 32.1. The summed E-state index contributed by atoms with van der Waals surface area (Å²) in [6.07, 6.45) is 2.29. The lowest BCUT2D eigenvalue weighted by Crippen LogP contribution is -2.15. The van der Waals surface area contributed by atoms with E-state index in [2.05, 4.69) is 37.4 Å². The van der Waals surface area contributed by atoms with E-state index in [1.807, 2.05) is 40.2 Å². The third kappa shape index (κ3) is 3.64. The summed E-state index contributed by atoms with van der Waals surface area (Å²) in [4.78, 5) is 18.1. The van der Waals surface area contributed by atoms with Gasteiger partial charge < -0.3 is 10.1 Å². The maximum absolute atomic E-state index is 12.5. The lowest BCUT2D eigenvalue weighted by Gasteiger charge is -2.06. The number of benzene rings is 2. The molecule has 2 heterocycles. The van der Waals surface area contributed by atoms with Crippen molar-refractivity contribution in [2.75, 3.05) is 12.4 Å². The van der Waals surface area contributed by atoms with E-state index >= 15 is 0 Å². The third-order valence-electron chi connectivity index (χ3n) is 4.80. The normalized spacial score (nSPS) is 11.0. The number of carbonyl (C=O) groups excluding carboxylic acids is 1. The molecule has 2 aromatic carbocycles. The molecule has 142 valence electrons. The molecule has 5 nitrogen and oxygen atoms in total. The molecule has 0 aliphatic carbocycles. The van der Waals surface area contributed by atoms with Crippen LogP contribution in [0, 0.1) is 13.8 Å². The number of aromatic nitrogens is 2. The molecule has 6 heteroatoms. The molecule has 0 spiro atoms. The number of amides is 1. The number of rotatable bonds is 5. The minimum absolute atomic E-state index is 0.0636. The van der Waals surface area contributed by atoms with Crippen LogP contribution in [0.2, 0.25) is 0 Å². The van der Waals surface area contributed by atoms with Gasteiger partial charge in [0.15, 0.2) is 4.96 Å². The fraction of sp³-hybridized carbons (Fsp3) is 0.182. The molecule has 0 radical (unpaired) electrons. The van der Waals surface area contributed by atoms with E-state index in [1.54, 1.807) is 18.4 Å². The quantitative estimate of drug-likeness (QED) is 0.528. The van der Waals surface area contributed by atoms with Gasteiger partial charge in [0, 0.05) is 28.5 Å². The van der Waals surface area contributed by atoms with Crippen molar-refractivity contribution in [3.63, 3.8) is 0 Å². The smallest absolute Gasteiger partial charge is 0.230 e. The second-order valence-electron chi connectivity index (χ2n) is 6.76. The zero-order valence-corrected chi connectivity index (χ0v) is 16.8. The molecule has 0 aliphatic heterocycles. The summed E-state index contributed by atoms with van der Waals surface area (Å²) in [6.45, 7) is 4.20. The van der Waals surface area contributed by atoms with Crippen molar-refractivity contribution in [2.45, 2.75) is 20.3 Å². The maximum atomic E-state index is 12.5. The van der Waals surface area contributed by atoms with Gasteiger partial charge in [-0.25, -0.2) is 4.98 Å². The first-order chi connectivity index (χ1) is 13.5. The molecule has 4 rings (SSSR count). The summed E-state index contributed by atoms with van der Waals surface area (Å²) in [5, 5.41) is 4.91. The molecule has 4 aromatic rings. The number of hydrogen-bond acceptors (Lipinski definition) is 4. The number of ether oxygens (including phenoxy) is 1. The van der Waals surface area contributed by atoms with Gasteiger partial charge in [-0.1, -0.05) is 12.1 Å². The van der Waals surface area contributed by atoms with Crippen molar-refractivity contribution in [1.82, 2.24) is 9.38 Å². The lowest BCUT2D eigenvalue weighted by molar-refractivity contribution is -0.115. The standard InChI is InChI=1S/C22H21N3O2S/c1-14-4-5-16(10-15(14)2)20-12-25-18(13-28-22(25)24-20)11-21(26)23-17-6-8-19(27-3)9-7-17/h4-10,12-13H,11H2,1-3H3,(H,23,26). The topological polar surface area (TPSA) is 55.6 Å². The average Bonchev–Trinajstić information content (AvgIpc) is 3.26. The first-order valence-electron chi connectivity index (χ1n) is 9.00. The van der Waals surface area contributed by atoms with Crippen molar-refractivity contribution < 1.29 is 9.53 Å². The fourth-order valence-electron chi connectivity index (χ4n) is 3.04. The number of aryl methyl sites for hydroxylation is 2. The van der Waals surface area contributed by atoms with E-state index in [-0.39, 0.29) is 12.3 Å². The summed E-state index contributed by atoms with van der Waals surface area (Å²) in [6, 6.07) is 13.7. The van der Waals surface area contributed by atoms with E-state index in [1.165, 1.54) is 11.1 Å². The van der Waals surface area contributed by atoms with Crippen LogP contribution in [0.5, 0.6) is 5.75 Å². The predicted octanol–water partition coefficient (Wildman–Crippen LogP) is 4.87. The molecular formula is C22H21N3O2S. The highest BCUT2D eigenvalue weighted by Crippen LogP contribution is 2.25. The summed E-state index contributed by atoms with van der Waals surface area (Å²) in [5.41, 5.74) is 6.19. The monoisotopic (exact) mass is 391 g/mol. The average molecular weight is 391 g/mol. The van der Waals surface area contributed by atoms with Crippen LogP contribution in [0.4, 0.5) is 5.69 Å². The van der Waals surface area contributed by atoms with Gasteiger partial charge in [-0.3, -0.25) is 9.20 Å².